The SMILES string of the molecule is COc1ccc(/C=N/N=C(N)N)cc1I.O=[N+]([O-])O. The van der Waals surface area contributed by atoms with Crippen LogP contribution in [-0.4, -0.2) is 29.6 Å². The standard InChI is InChI=1S/C9H11IN4O.HNO3/c1-15-8-3-2-6(4-7(8)10)5-13-14-9(11)12;2-1(3)4/h2-5H,1H3,(H4,11,12,14);(H,2,3,4)/b13-5+;. The molecule has 0 fully saturated rings. The molecule has 1 aromatic carbocycles. The maximum atomic E-state index is 8.36. The van der Waals surface area contributed by atoms with Gasteiger partial charge in [-0.05, 0) is 46.4 Å². The number of methoxy groups -OCH3 is 1. The van der Waals surface area contributed by atoms with Crippen molar-refractivity contribution in [3.63, 3.8) is 0 Å². The number of halogens is 1. The lowest BCUT2D eigenvalue weighted by atomic mass is 10.2. The van der Waals surface area contributed by atoms with Crippen molar-refractivity contribution in [2.24, 2.45) is 21.7 Å². The fraction of sp³-hybridized carbons (Fsp3) is 0.111. The topological polar surface area (TPSA) is 149 Å². The normalized spacial score (nSPS) is 9.37. The molecular formula is C9H12IN5O4. The molecule has 0 aromatic heterocycles. The smallest absolute Gasteiger partial charge is 0.291 e. The Bertz CT molecular complexity index is 483. The third-order valence-electron chi connectivity index (χ3n) is 1.56. The maximum Gasteiger partial charge on any atom is 0.291 e. The largest absolute Gasteiger partial charge is 0.496 e. The van der Waals surface area contributed by atoms with Crippen LogP contribution in [-0.2, 0) is 0 Å². The number of guanidine groups is 1. The van der Waals surface area contributed by atoms with Gasteiger partial charge in [0, 0.05) is 0 Å². The molecule has 9 nitrogen and oxygen atoms in total. The van der Waals surface area contributed by atoms with Gasteiger partial charge in [-0.25, -0.2) is 0 Å². The molecule has 0 saturated carbocycles. The number of hydrogen-bond donors (Lipinski definition) is 3. The summed E-state index contributed by atoms with van der Waals surface area (Å²) in [6, 6.07) is 5.65. The molecule has 0 atom stereocenters. The van der Waals surface area contributed by atoms with Gasteiger partial charge in [0.05, 0.1) is 16.9 Å². The van der Waals surface area contributed by atoms with E-state index in [0.29, 0.717) is 0 Å². The van der Waals surface area contributed by atoms with Crippen LogP contribution in [0.1, 0.15) is 5.56 Å². The Kier molecular flexibility index (Phi) is 7.92. The van der Waals surface area contributed by atoms with E-state index < -0.39 is 5.09 Å². The van der Waals surface area contributed by atoms with E-state index in [4.69, 9.17) is 31.5 Å². The Morgan fingerprint density at radius 1 is 1.58 bits per heavy atom. The summed E-state index contributed by atoms with van der Waals surface area (Å²) in [7, 11) is 1.63. The molecule has 0 unspecified atom stereocenters. The first-order valence-electron chi connectivity index (χ1n) is 4.65. The van der Waals surface area contributed by atoms with Gasteiger partial charge in [0.25, 0.3) is 5.09 Å². The van der Waals surface area contributed by atoms with Gasteiger partial charge in [-0.15, -0.1) is 15.2 Å². The van der Waals surface area contributed by atoms with E-state index in [1.807, 2.05) is 18.2 Å². The molecular weight excluding hydrogens is 369 g/mol. The molecule has 10 heteroatoms. The highest BCUT2D eigenvalue weighted by Gasteiger charge is 1.98. The van der Waals surface area contributed by atoms with Gasteiger partial charge in [0.2, 0.25) is 5.96 Å². The number of rotatable bonds is 3. The Balaban J connectivity index is 0.000000711. The van der Waals surface area contributed by atoms with Gasteiger partial charge in [0.15, 0.2) is 0 Å². The predicted molar refractivity (Wildman–Crippen MR) is 77.9 cm³/mol. The highest BCUT2D eigenvalue weighted by molar-refractivity contribution is 14.1. The molecule has 5 N–H and O–H groups in total. The first kappa shape index (κ1) is 16.9. The molecule has 1 rings (SSSR count). The average molecular weight is 381 g/mol. The van der Waals surface area contributed by atoms with Gasteiger partial charge in [-0.3, -0.25) is 0 Å². The lowest BCUT2D eigenvalue weighted by molar-refractivity contribution is -0.742. The summed E-state index contributed by atoms with van der Waals surface area (Å²) in [5, 5.41) is 20.8. The first-order valence-corrected chi connectivity index (χ1v) is 5.73. The van der Waals surface area contributed by atoms with E-state index in [1.54, 1.807) is 13.3 Å². The fourth-order valence-electron chi connectivity index (χ4n) is 0.925. The van der Waals surface area contributed by atoms with Crippen LogP contribution in [0, 0.1) is 13.7 Å². The zero-order valence-corrected chi connectivity index (χ0v) is 12.0. The van der Waals surface area contributed by atoms with Crippen molar-refractivity contribution in [1.82, 2.24) is 0 Å². The minimum atomic E-state index is -1.50. The monoisotopic (exact) mass is 381 g/mol. The maximum absolute atomic E-state index is 8.36. The summed E-state index contributed by atoms with van der Waals surface area (Å²) in [4.78, 5) is 8.36. The molecule has 0 aliphatic carbocycles. The molecule has 1 aromatic rings. The summed E-state index contributed by atoms with van der Waals surface area (Å²) in [5.74, 6) is 0.768. The lowest BCUT2D eigenvalue weighted by Crippen LogP contribution is -2.21. The number of ether oxygens (including phenoxy) is 1. The molecule has 104 valence electrons. The summed E-state index contributed by atoms with van der Waals surface area (Å²) < 4.78 is 6.13. The van der Waals surface area contributed by atoms with E-state index >= 15 is 0 Å². The van der Waals surface area contributed by atoms with Gasteiger partial charge < -0.3 is 21.4 Å². The van der Waals surface area contributed by atoms with Crippen molar-refractivity contribution in [3.05, 3.63) is 37.4 Å². The molecule has 0 spiro atoms. The van der Waals surface area contributed by atoms with Crippen LogP contribution < -0.4 is 16.2 Å². The van der Waals surface area contributed by atoms with Gasteiger partial charge in [-0.1, -0.05) is 0 Å². The lowest BCUT2D eigenvalue weighted by Gasteiger charge is -2.02. The van der Waals surface area contributed by atoms with E-state index in [1.165, 1.54) is 0 Å². The molecule has 19 heavy (non-hydrogen) atoms. The van der Waals surface area contributed by atoms with Crippen LogP contribution in [0.15, 0.2) is 28.4 Å². The van der Waals surface area contributed by atoms with Crippen molar-refractivity contribution in [2.75, 3.05) is 7.11 Å². The Morgan fingerprint density at radius 3 is 2.58 bits per heavy atom. The van der Waals surface area contributed by atoms with E-state index in [-0.39, 0.29) is 5.96 Å². The molecule has 0 bridgehead atoms. The van der Waals surface area contributed by atoms with Gasteiger partial charge in [0.1, 0.15) is 5.75 Å². The average Bonchev–Trinajstić information content (AvgIpc) is 2.28. The minimum absolute atomic E-state index is 0.0607. The molecule has 0 amide bonds. The predicted octanol–water partition coefficient (Wildman–Crippen LogP) is 0.559. The molecule has 0 radical (unpaired) electrons. The summed E-state index contributed by atoms with van der Waals surface area (Å²) in [6.45, 7) is 0. The third-order valence-corrected chi connectivity index (χ3v) is 2.40. The molecule has 0 aliphatic rings. The van der Waals surface area contributed by atoms with Crippen LogP contribution in [0.5, 0.6) is 5.75 Å². The highest BCUT2D eigenvalue weighted by Crippen LogP contribution is 2.20. The van der Waals surface area contributed by atoms with E-state index in [9.17, 15) is 0 Å². The third kappa shape index (κ3) is 8.59. The summed E-state index contributed by atoms with van der Waals surface area (Å²) in [6.07, 6.45) is 1.57. The highest BCUT2D eigenvalue weighted by atomic mass is 127. The number of nitrogens with zero attached hydrogens (tertiary/aromatic N) is 3. The minimum Gasteiger partial charge on any atom is -0.496 e. The second-order valence-electron chi connectivity index (χ2n) is 2.90. The fourth-order valence-corrected chi connectivity index (χ4v) is 1.68. The van der Waals surface area contributed by atoms with Crippen molar-refractivity contribution in [2.45, 2.75) is 0 Å². The van der Waals surface area contributed by atoms with Crippen LogP contribution in [0.4, 0.5) is 0 Å². The summed E-state index contributed by atoms with van der Waals surface area (Å²) >= 11 is 2.18. The quantitative estimate of drug-likeness (QED) is 0.229. The van der Waals surface area contributed by atoms with Gasteiger partial charge in [-0.2, -0.15) is 5.10 Å². The number of benzene rings is 1. The Hall–Kier alpha value is -2.11. The van der Waals surface area contributed by atoms with Crippen LogP contribution in [0.2, 0.25) is 0 Å². The number of nitrogens with two attached hydrogens (primary N) is 2. The van der Waals surface area contributed by atoms with E-state index in [2.05, 4.69) is 32.8 Å². The second kappa shape index (κ2) is 8.91. The van der Waals surface area contributed by atoms with Crippen LogP contribution in [0.25, 0.3) is 0 Å². The van der Waals surface area contributed by atoms with Crippen molar-refractivity contribution in [3.8, 4) is 5.75 Å². The van der Waals surface area contributed by atoms with E-state index in [0.717, 1.165) is 14.9 Å². The van der Waals surface area contributed by atoms with Crippen molar-refractivity contribution < 1.29 is 15.0 Å². The van der Waals surface area contributed by atoms with Crippen molar-refractivity contribution in [1.29, 1.82) is 0 Å². The molecule has 0 aliphatic heterocycles. The van der Waals surface area contributed by atoms with Gasteiger partial charge >= 0.3 is 0 Å². The Morgan fingerprint density at radius 2 is 2.16 bits per heavy atom. The van der Waals surface area contributed by atoms with Crippen molar-refractivity contribution >= 4 is 34.8 Å². The summed E-state index contributed by atoms with van der Waals surface area (Å²) in [5.41, 5.74) is 11.2. The van der Waals surface area contributed by atoms with Crippen LogP contribution in [0.3, 0.4) is 0 Å². The molecule has 0 saturated heterocycles. The zero-order valence-electron chi connectivity index (χ0n) is 9.86. The molecule has 0 heterocycles. The van der Waals surface area contributed by atoms with Crippen LogP contribution >= 0.6 is 22.6 Å². The number of hydrogen-bond acceptors (Lipinski definition) is 5. The Labute approximate surface area is 122 Å². The first-order chi connectivity index (χ1) is 8.86. The zero-order chi connectivity index (χ0) is 14.8. The second-order valence-corrected chi connectivity index (χ2v) is 4.06.